The van der Waals surface area contributed by atoms with Crippen LogP contribution < -0.4 is 0 Å². The summed E-state index contributed by atoms with van der Waals surface area (Å²) < 4.78 is 13.7. The summed E-state index contributed by atoms with van der Waals surface area (Å²) in [6.07, 6.45) is 2.55. The summed E-state index contributed by atoms with van der Waals surface area (Å²) in [5.41, 5.74) is 0.703. The molecule has 0 radical (unpaired) electrons. The molecule has 1 aliphatic heterocycles. The topological polar surface area (TPSA) is 26.7 Å². The summed E-state index contributed by atoms with van der Waals surface area (Å²) in [4.78, 5) is 4.62. The van der Waals surface area contributed by atoms with E-state index < -0.39 is 0 Å². The minimum absolute atomic E-state index is 0.112. The van der Waals surface area contributed by atoms with E-state index in [1.54, 1.807) is 6.07 Å². The van der Waals surface area contributed by atoms with Crippen molar-refractivity contribution in [2.24, 2.45) is 0 Å². The Labute approximate surface area is 121 Å². The molecule has 1 heterocycles. The van der Waals surface area contributed by atoms with Gasteiger partial charge in [0, 0.05) is 31.2 Å². The highest BCUT2D eigenvalue weighted by atomic mass is 19.1. The van der Waals surface area contributed by atoms with E-state index in [4.69, 9.17) is 0 Å². The first-order valence-corrected chi connectivity index (χ1v) is 7.51. The van der Waals surface area contributed by atoms with Gasteiger partial charge in [0.25, 0.3) is 0 Å². The van der Waals surface area contributed by atoms with E-state index in [9.17, 15) is 9.50 Å². The van der Waals surface area contributed by atoms with Crippen LogP contribution in [-0.4, -0.2) is 53.7 Å². The fraction of sp³-hybridized carbons (Fsp3) is 0.625. The summed E-state index contributed by atoms with van der Waals surface area (Å²) in [6, 6.07) is 7.34. The van der Waals surface area contributed by atoms with Gasteiger partial charge >= 0.3 is 0 Å². The first kappa shape index (κ1) is 15.4. The molecule has 1 unspecified atom stereocenters. The molecule has 0 bridgehead atoms. The van der Waals surface area contributed by atoms with Gasteiger partial charge in [0.05, 0.1) is 6.61 Å². The summed E-state index contributed by atoms with van der Waals surface area (Å²) in [7, 11) is 0. The van der Waals surface area contributed by atoms with Crippen molar-refractivity contribution in [3.8, 4) is 0 Å². The molecule has 112 valence electrons. The molecule has 4 heteroatoms. The van der Waals surface area contributed by atoms with Gasteiger partial charge in [-0.3, -0.25) is 9.80 Å². The van der Waals surface area contributed by atoms with E-state index in [0.717, 1.165) is 19.6 Å². The Morgan fingerprint density at radius 1 is 1.30 bits per heavy atom. The van der Waals surface area contributed by atoms with Gasteiger partial charge in [-0.2, -0.15) is 0 Å². The van der Waals surface area contributed by atoms with Gasteiger partial charge in [-0.25, -0.2) is 4.39 Å². The number of benzene rings is 1. The van der Waals surface area contributed by atoms with E-state index in [1.807, 2.05) is 12.1 Å². The Morgan fingerprint density at radius 2 is 2.00 bits per heavy atom. The molecule has 20 heavy (non-hydrogen) atoms. The lowest BCUT2D eigenvalue weighted by Crippen LogP contribution is -2.41. The smallest absolute Gasteiger partial charge is 0.127 e. The minimum atomic E-state index is -0.163. The molecule has 1 saturated heterocycles. The maximum atomic E-state index is 13.7. The van der Waals surface area contributed by atoms with Crippen LogP contribution in [0, 0.1) is 5.82 Å². The van der Waals surface area contributed by atoms with Crippen LogP contribution in [0.15, 0.2) is 24.3 Å². The van der Waals surface area contributed by atoms with Gasteiger partial charge in [-0.1, -0.05) is 18.2 Å². The highest BCUT2D eigenvalue weighted by Crippen LogP contribution is 2.15. The number of halogens is 1. The predicted molar refractivity (Wildman–Crippen MR) is 79.0 cm³/mol. The average Bonchev–Trinajstić information content (AvgIpc) is 2.95. The van der Waals surface area contributed by atoms with E-state index in [2.05, 4.69) is 16.7 Å². The van der Waals surface area contributed by atoms with Crippen LogP contribution >= 0.6 is 0 Å². The summed E-state index contributed by atoms with van der Waals surface area (Å²) in [5, 5.41) is 9.21. The maximum Gasteiger partial charge on any atom is 0.127 e. The van der Waals surface area contributed by atoms with Crippen LogP contribution in [0.4, 0.5) is 4.39 Å². The number of nitrogens with zero attached hydrogens (tertiary/aromatic N) is 2. The van der Waals surface area contributed by atoms with E-state index >= 15 is 0 Å². The Kier molecular flexibility index (Phi) is 5.95. The van der Waals surface area contributed by atoms with E-state index in [0.29, 0.717) is 24.7 Å². The van der Waals surface area contributed by atoms with Crippen molar-refractivity contribution in [1.82, 2.24) is 9.80 Å². The zero-order valence-electron chi connectivity index (χ0n) is 12.3. The van der Waals surface area contributed by atoms with Crippen molar-refractivity contribution in [2.75, 3.05) is 32.8 Å². The molecule has 1 atom stereocenters. The zero-order chi connectivity index (χ0) is 14.4. The predicted octanol–water partition coefficient (Wildman–Crippen LogP) is 2.10. The van der Waals surface area contributed by atoms with Gasteiger partial charge in [0.15, 0.2) is 0 Å². The lowest BCUT2D eigenvalue weighted by molar-refractivity contribution is 0.139. The lowest BCUT2D eigenvalue weighted by Gasteiger charge is -2.30. The van der Waals surface area contributed by atoms with Crippen molar-refractivity contribution in [2.45, 2.75) is 32.4 Å². The summed E-state index contributed by atoms with van der Waals surface area (Å²) in [6.45, 7) is 6.67. The van der Waals surface area contributed by atoms with Gasteiger partial charge in [-0.05, 0) is 38.9 Å². The molecule has 1 aliphatic rings. The summed E-state index contributed by atoms with van der Waals surface area (Å²) >= 11 is 0. The highest BCUT2D eigenvalue weighted by molar-refractivity contribution is 5.17. The van der Waals surface area contributed by atoms with Crippen LogP contribution in [0.5, 0.6) is 0 Å². The third kappa shape index (κ3) is 4.27. The first-order chi connectivity index (χ1) is 9.70. The Morgan fingerprint density at radius 3 is 2.65 bits per heavy atom. The zero-order valence-corrected chi connectivity index (χ0v) is 12.3. The second-order valence-electron chi connectivity index (χ2n) is 5.64. The first-order valence-electron chi connectivity index (χ1n) is 7.51. The van der Waals surface area contributed by atoms with Gasteiger partial charge < -0.3 is 5.11 Å². The Bertz CT molecular complexity index is 407. The van der Waals surface area contributed by atoms with Gasteiger partial charge in [0.2, 0.25) is 0 Å². The maximum absolute atomic E-state index is 13.7. The monoisotopic (exact) mass is 280 g/mol. The molecular weight excluding hydrogens is 255 g/mol. The standard InChI is InChI=1S/C16H25FN2O/c1-14(19-8-4-5-9-19)12-18(10-11-20)13-15-6-2-3-7-16(15)17/h2-3,6-7,14,20H,4-5,8-13H2,1H3. The number of aliphatic hydroxyl groups excluding tert-OH is 1. The molecule has 1 aromatic carbocycles. The van der Waals surface area contributed by atoms with Crippen LogP contribution in [0.2, 0.25) is 0 Å². The SMILES string of the molecule is CC(CN(CCO)Cc1ccccc1F)N1CCCC1. The number of hydrogen-bond acceptors (Lipinski definition) is 3. The van der Waals surface area contributed by atoms with Crippen LogP contribution in [0.25, 0.3) is 0 Å². The fourth-order valence-electron chi connectivity index (χ4n) is 2.92. The van der Waals surface area contributed by atoms with Crippen molar-refractivity contribution < 1.29 is 9.50 Å². The van der Waals surface area contributed by atoms with Crippen LogP contribution in [-0.2, 0) is 6.54 Å². The van der Waals surface area contributed by atoms with Crippen LogP contribution in [0.1, 0.15) is 25.3 Å². The molecule has 1 N–H and O–H groups in total. The Hall–Kier alpha value is -0.970. The van der Waals surface area contributed by atoms with Gasteiger partial charge in [-0.15, -0.1) is 0 Å². The molecule has 0 aromatic heterocycles. The third-order valence-electron chi connectivity index (χ3n) is 4.05. The Balaban J connectivity index is 1.94. The average molecular weight is 280 g/mol. The largest absolute Gasteiger partial charge is 0.395 e. The molecule has 2 rings (SSSR count). The van der Waals surface area contributed by atoms with Crippen molar-refractivity contribution in [3.63, 3.8) is 0 Å². The highest BCUT2D eigenvalue weighted by Gasteiger charge is 2.20. The molecule has 1 aromatic rings. The van der Waals surface area contributed by atoms with Crippen molar-refractivity contribution >= 4 is 0 Å². The number of hydrogen-bond donors (Lipinski definition) is 1. The van der Waals surface area contributed by atoms with Crippen molar-refractivity contribution in [1.29, 1.82) is 0 Å². The molecule has 0 saturated carbocycles. The molecule has 0 aliphatic carbocycles. The lowest BCUT2D eigenvalue weighted by atomic mass is 10.2. The second kappa shape index (κ2) is 7.72. The quantitative estimate of drug-likeness (QED) is 0.828. The molecule has 0 spiro atoms. The summed E-state index contributed by atoms with van der Waals surface area (Å²) in [5.74, 6) is -0.163. The van der Waals surface area contributed by atoms with Crippen LogP contribution in [0.3, 0.4) is 0 Å². The number of aliphatic hydroxyl groups is 1. The van der Waals surface area contributed by atoms with E-state index in [-0.39, 0.29) is 12.4 Å². The van der Waals surface area contributed by atoms with Gasteiger partial charge in [0.1, 0.15) is 5.82 Å². The molecular formula is C16H25FN2O. The van der Waals surface area contributed by atoms with Crippen molar-refractivity contribution in [3.05, 3.63) is 35.6 Å². The number of rotatable bonds is 7. The molecule has 1 fully saturated rings. The second-order valence-corrected chi connectivity index (χ2v) is 5.64. The van der Waals surface area contributed by atoms with E-state index in [1.165, 1.54) is 18.9 Å². The molecule has 0 amide bonds. The fourth-order valence-corrected chi connectivity index (χ4v) is 2.92. The third-order valence-corrected chi connectivity index (χ3v) is 4.05. The minimum Gasteiger partial charge on any atom is -0.395 e. The number of likely N-dealkylation sites (tertiary alicyclic amines) is 1. The normalized spacial score (nSPS) is 17.8. The molecule has 3 nitrogen and oxygen atoms in total.